The van der Waals surface area contributed by atoms with Gasteiger partial charge < -0.3 is 9.84 Å². The number of nitrogens with one attached hydrogen (secondary N) is 1. The summed E-state index contributed by atoms with van der Waals surface area (Å²) in [7, 11) is 0. The summed E-state index contributed by atoms with van der Waals surface area (Å²) < 4.78 is 5.24. The predicted octanol–water partition coefficient (Wildman–Crippen LogP) is 2.59. The molecular formula is C18H24N4O2. The van der Waals surface area contributed by atoms with Crippen molar-refractivity contribution in [1.29, 1.82) is 0 Å². The van der Waals surface area contributed by atoms with Crippen LogP contribution in [-0.2, 0) is 6.54 Å². The first-order valence-corrected chi connectivity index (χ1v) is 8.62. The first-order chi connectivity index (χ1) is 11.8. The summed E-state index contributed by atoms with van der Waals surface area (Å²) >= 11 is 0. The Balaban J connectivity index is 1.60. The molecule has 1 N–H and O–H groups in total. The average Bonchev–Trinajstić information content (AvgIpc) is 3.11. The van der Waals surface area contributed by atoms with Crippen LogP contribution in [0.15, 0.2) is 35.1 Å². The number of piperidine rings is 1. The number of rotatable bonds is 6. The maximum atomic E-state index is 11.9. The largest absolute Gasteiger partial charge is 0.351 e. The topological polar surface area (TPSA) is 71.3 Å². The van der Waals surface area contributed by atoms with Crippen molar-refractivity contribution in [1.82, 2.24) is 20.4 Å². The van der Waals surface area contributed by atoms with E-state index in [4.69, 9.17) is 4.52 Å². The number of carbonyl (C=O) groups excluding carboxylic acids is 1. The van der Waals surface area contributed by atoms with Crippen molar-refractivity contribution in [3.05, 3.63) is 47.6 Å². The Labute approximate surface area is 142 Å². The van der Waals surface area contributed by atoms with Crippen molar-refractivity contribution in [2.24, 2.45) is 0 Å². The second-order valence-electron chi connectivity index (χ2n) is 6.31. The van der Waals surface area contributed by atoms with E-state index in [1.54, 1.807) is 12.3 Å². The van der Waals surface area contributed by atoms with E-state index >= 15 is 0 Å². The molecule has 1 amide bonds. The Morgan fingerprint density at radius 3 is 3.21 bits per heavy atom. The molecule has 2 aromatic rings. The summed E-state index contributed by atoms with van der Waals surface area (Å²) in [6.07, 6.45) is 6.80. The Hall–Kier alpha value is -2.21. The highest BCUT2D eigenvalue weighted by atomic mass is 16.5. The zero-order valence-electron chi connectivity index (χ0n) is 14.1. The number of amides is 1. The van der Waals surface area contributed by atoms with Gasteiger partial charge in [-0.3, -0.25) is 14.7 Å². The summed E-state index contributed by atoms with van der Waals surface area (Å²) in [6, 6.07) is 5.86. The standard InChI is InChI=1S/C18H24N4O2/c1-2-7-20-18(23)17-10-16(21-24-17)15-6-4-9-22(13-15)12-14-5-3-8-19-11-14/h3,5,8,10-11,15H,2,4,6-7,9,12-13H2,1H3,(H,20,23)/t15-/m0/s1. The van der Waals surface area contributed by atoms with Crippen molar-refractivity contribution in [2.75, 3.05) is 19.6 Å². The SMILES string of the molecule is CCCNC(=O)c1cc([C@H]2CCCN(Cc3cccnc3)C2)no1. The first-order valence-electron chi connectivity index (χ1n) is 8.62. The highest BCUT2D eigenvalue weighted by Crippen LogP contribution is 2.27. The molecule has 2 aromatic heterocycles. The molecule has 1 saturated heterocycles. The third-order valence-corrected chi connectivity index (χ3v) is 4.34. The minimum Gasteiger partial charge on any atom is -0.351 e. The van der Waals surface area contributed by atoms with Crippen LogP contribution in [0.2, 0.25) is 0 Å². The maximum Gasteiger partial charge on any atom is 0.289 e. The van der Waals surface area contributed by atoms with Gasteiger partial charge in [0.25, 0.3) is 5.91 Å². The Morgan fingerprint density at radius 1 is 1.50 bits per heavy atom. The van der Waals surface area contributed by atoms with Crippen LogP contribution in [-0.4, -0.2) is 40.6 Å². The zero-order chi connectivity index (χ0) is 16.8. The van der Waals surface area contributed by atoms with Crippen molar-refractivity contribution >= 4 is 5.91 Å². The zero-order valence-corrected chi connectivity index (χ0v) is 14.1. The van der Waals surface area contributed by atoms with Gasteiger partial charge in [0.1, 0.15) is 0 Å². The number of aromatic nitrogens is 2. The molecule has 0 bridgehead atoms. The van der Waals surface area contributed by atoms with Crippen LogP contribution in [0.25, 0.3) is 0 Å². The molecule has 1 fully saturated rings. The minimum absolute atomic E-state index is 0.182. The predicted molar refractivity (Wildman–Crippen MR) is 90.6 cm³/mol. The summed E-state index contributed by atoms with van der Waals surface area (Å²) in [6.45, 7) is 5.57. The van der Waals surface area contributed by atoms with Crippen LogP contribution in [0.3, 0.4) is 0 Å². The van der Waals surface area contributed by atoms with Crippen LogP contribution in [0.5, 0.6) is 0 Å². The van der Waals surface area contributed by atoms with E-state index in [1.807, 2.05) is 19.2 Å². The van der Waals surface area contributed by atoms with Gasteiger partial charge in [-0.1, -0.05) is 18.1 Å². The molecule has 0 aliphatic carbocycles. The quantitative estimate of drug-likeness (QED) is 0.882. The van der Waals surface area contributed by atoms with Gasteiger partial charge in [-0.05, 0) is 37.4 Å². The summed E-state index contributed by atoms with van der Waals surface area (Å²) in [5.41, 5.74) is 2.10. The van der Waals surface area contributed by atoms with Crippen LogP contribution in [0, 0.1) is 0 Å². The third-order valence-electron chi connectivity index (χ3n) is 4.34. The Kier molecular flexibility index (Phi) is 5.59. The third kappa shape index (κ3) is 4.20. The number of nitrogens with zero attached hydrogens (tertiary/aromatic N) is 3. The highest BCUT2D eigenvalue weighted by Gasteiger charge is 2.25. The average molecular weight is 328 g/mol. The van der Waals surface area contributed by atoms with Gasteiger partial charge >= 0.3 is 0 Å². The molecule has 0 unspecified atom stereocenters. The monoisotopic (exact) mass is 328 g/mol. The second kappa shape index (κ2) is 8.06. The molecule has 1 aliphatic heterocycles. The maximum absolute atomic E-state index is 11.9. The number of carbonyl (C=O) groups is 1. The van der Waals surface area contributed by atoms with E-state index in [-0.39, 0.29) is 5.91 Å². The van der Waals surface area contributed by atoms with Gasteiger partial charge in [0.05, 0.1) is 5.69 Å². The lowest BCUT2D eigenvalue weighted by molar-refractivity contribution is 0.0916. The van der Waals surface area contributed by atoms with Gasteiger partial charge in [0.15, 0.2) is 0 Å². The second-order valence-corrected chi connectivity index (χ2v) is 6.31. The molecule has 6 nitrogen and oxygen atoms in total. The fourth-order valence-electron chi connectivity index (χ4n) is 3.10. The van der Waals surface area contributed by atoms with E-state index in [1.165, 1.54) is 5.56 Å². The normalized spacial score (nSPS) is 18.5. The molecule has 0 aromatic carbocycles. The fraction of sp³-hybridized carbons (Fsp3) is 0.500. The first kappa shape index (κ1) is 16.6. The molecule has 24 heavy (non-hydrogen) atoms. The molecule has 6 heteroatoms. The Bertz CT molecular complexity index is 656. The van der Waals surface area contributed by atoms with Crippen molar-refractivity contribution < 1.29 is 9.32 Å². The molecular weight excluding hydrogens is 304 g/mol. The lowest BCUT2D eigenvalue weighted by Gasteiger charge is -2.31. The minimum atomic E-state index is -0.182. The van der Waals surface area contributed by atoms with Crippen LogP contribution < -0.4 is 5.32 Å². The van der Waals surface area contributed by atoms with Gasteiger partial charge in [-0.15, -0.1) is 0 Å². The fourth-order valence-corrected chi connectivity index (χ4v) is 3.10. The highest BCUT2D eigenvalue weighted by molar-refractivity contribution is 5.91. The van der Waals surface area contributed by atoms with Crippen molar-refractivity contribution in [3.63, 3.8) is 0 Å². The van der Waals surface area contributed by atoms with E-state index < -0.39 is 0 Å². The van der Waals surface area contributed by atoms with E-state index in [2.05, 4.69) is 26.4 Å². The molecule has 128 valence electrons. The van der Waals surface area contributed by atoms with Gasteiger partial charge in [-0.25, -0.2) is 0 Å². The molecule has 1 atom stereocenters. The van der Waals surface area contributed by atoms with Crippen molar-refractivity contribution in [3.8, 4) is 0 Å². The lowest BCUT2D eigenvalue weighted by atomic mass is 9.94. The summed E-state index contributed by atoms with van der Waals surface area (Å²) in [5, 5.41) is 6.95. The smallest absolute Gasteiger partial charge is 0.289 e. The van der Waals surface area contributed by atoms with Crippen LogP contribution in [0.4, 0.5) is 0 Å². The van der Waals surface area contributed by atoms with Crippen molar-refractivity contribution in [2.45, 2.75) is 38.6 Å². The van der Waals surface area contributed by atoms with Gasteiger partial charge in [-0.2, -0.15) is 0 Å². The molecule has 3 heterocycles. The van der Waals surface area contributed by atoms with Gasteiger partial charge in [0, 0.05) is 44.0 Å². The lowest BCUT2D eigenvalue weighted by Crippen LogP contribution is -2.34. The summed E-state index contributed by atoms with van der Waals surface area (Å²) in [5.74, 6) is 0.438. The van der Waals surface area contributed by atoms with Crippen LogP contribution >= 0.6 is 0 Å². The Morgan fingerprint density at radius 2 is 2.42 bits per heavy atom. The van der Waals surface area contributed by atoms with E-state index in [0.717, 1.165) is 44.6 Å². The molecule has 0 spiro atoms. The number of hydrogen-bond acceptors (Lipinski definition) is 5. The van der Waals surface area contributed by atoms with Gasteiger partial charge in [0.2, 0.25) is 5.76 Å². The number of likely N-dealkylation sites (tertiary alicyclic amines) is 1. The molecule has 3 rings (SSSR count). The molecule has 1 aliphatic rings. The number of hydrogen-bond donors (Lipinski definition) is 1. The molecule has 0 radical (unpaired) electrons. The summed E-state index contributed by atoms with van der Waals surface area (Å²) in [4.78, 5) is 18.5. The van der Waals surface area contributed by atoms with Crippen LogP contribution in [0.1, 0.15) is 53.9 Å². The number of pyridine rings is 1. The van der Waals surface area contributed by atoms with E-state index in [9.17, 15) is 4.79 Å². The molecule has 0 saturated carbocycles. The van der Waals surface area contributed by atoms with E-state index in [0.29, 0.717) is 18.2 Å².